The molecule has 0 saturated carbocycles. The third-order valence-corrected chi connectivity index (χ3v) is 7.13. The highest BCUT2D eigenvalue weighted by Gasteiger charge is 2.11. The summed E-state index contributed by atoms with van der Waals surface area (Å²) in [6.07, 6.45) is 0. The molecular formula is C22H19N3O2S3. The first-order valence-corrected chi connectivity index (χ1v) is 12.0. The second kappa shape index (κ2) is 9.42. The third-order valence-electron chi connectivity index (χ3n) is 4.27. The zero-order chi connectivity index (χ0) is 20.9. The Balaban J connectivity index is 1.32. The van der Waals surface area contributed by atoms with E-state index < -0.39 is 0 Å². The molecule has 30 heavy (non-hydrogen) atoms. The van der Waals surface area contributed by atoms with Gasteiger partial charge in [0.15, 0.2) is 5.13 Å². The first kappa shape index (κ1) is 20.6. The largest absolute Gasteiger partial charge is 0.351 e. The number of thiophene rings is 1. The van der Waals surface area contributed by atoms with Crippen LogP contribution < -0.4 is 10.6 Å². The van der Waals surface area contributed by atoms with Gasteiger partial charge in [-0.1, -0.05) is 30.3 Å². The number of carbonyl (C=O) groups excluding carboxylic acids is 2. The maximum atomic E-state index is 12.3. The number of fused-ring (bicyclic) bond motifs is 1. The molecule has 0 radical (unpaired) electrons. The third kappa shape index (κ3) is 5.27. The minimum absolute atomic E-state index is 0.0508. The Labute approximate surface area is 186 Å². The number of thioether (sulfide) groups is 1. The Hall–Kier alpha value is -2.68. The molecule has 5 nitrogen and oxygen atoms in total. The fourth-order valence-electron chi connectivity index (χ4n) is 2.83. The Morgan fingerprint density at radius 1 is 1.07 bits per heavy atom. The lowest BCUT2D eigenvalue weighted by Gasteiger charge is -2.04. The average molecular weight is 454 g/mol. The number of nitrogens with zero attached hydrogens (tertiary/aromatic N) is 1. The summed E-state index contributed by atoms with van der Waals surface area (Å²) >= 11 is 4.50. The van der Waals surface area contributed by atoms with Gasteiger partial charge in [-0.05, 0) is 35.0 Å². The van der Waals surface area contributed by atoms with Gasteiger partial charge in [-0.3, -0.25) is 9.59 Å². The highest BCUT2D eigenvalue weighted by molar-refractivity contribution is 8.00. The molecule has 2 aromatic heterocycles. The second-order valence-electron chi connectivity index (χ2n) is 6.56. The molecule has 0 atom stereocenters. The lowest BCUT2D eigenvalue weighted by Crippen LogP contribution is -2.17. The van der Waals surface area contributed by atoms with Gasteiger partial charge in [0.05, 0.1) is 22.9 Å². The maximum Gasteiger partial charge on any atom is 0.236 e. The van der Waals surface area contributed by atoms with E-state index in [4.69, 9.17) is 0 Å². The van der Waals surface area contributed by atoms with E-state index in [1.165, 1.54) is 40.8 Å². The zero-order valence-electron chi connectivity index (χ0n) is 16.2. The SMILES string of the molecule is CC(=O)NCc1ccc(-c2csc(NC(=O)CSc3ccc4ccccc4c3)n2)s1. The van der Waals surface area contributed by atoms with Crippen molar-refractivity contribution in [3.8, 4) is 10.6 Å². The van der Waals surface area contributed by atoms with Gasteiger partial charge in [-0.2, -0.15) is 0 Å². The molecule has 8 heteroatoms. The fourth-order valence-corrected chi connectivity index (χ4v) is 5.28. The van der Waals surface area contributed by atoms with E-state index in [2.05, 4.69) is 39.9 Å². The van der Waals surface area contributed by atoms with Crippen LogP contribution in [0.2, 0.25) is 0 Å². The summed E-state index contributed by atoms with van der Waals surface area (Å²) in [5.41, 5.74) is 0.830. The minimum Gasteiger partial charge on any atom is -0.351 e. The molecular weight excluding hydrogens is 434 g/mol. The maximum absolute atomic E-state index is 12.3. The van der Waals surface area contributed by atoms with Crippen molar-refractivity contribution in [2.75, 3.05) is 11.1 Å². The van der Waals surface area contributed by atoms with Crippen molar-refractivity contribution in [3.63, 3.8) is 0 Å². The van der Waals surface area contributed by atoms with Crippen LogP contribution in [-0.2, 0) is 16.1 Å². The van der Waals surface area contributed by atoms with E-state index in [0.29, 0.717) is 17.4 Å². The van der Waals surface area contributed by atoms with Crippen molar-refractivity contribution in [3.05, 3.63) is 64.9 Å². The normalized spacial score (nSPS) is 10.8. The fraction of sp³-hybridized carbons (Fsp3) is 0.136. The summed E-state index contributed by atoms with van der Waals surface area (Å²) in [7, 11) is 0. The van der Waals surface area contributed by atoms with Crippen molar-refractivity contribution in [2.24, 2.45) is 0 Å². The number of hydrogen-bond donors (Lipinski definition) is 2. The van der Waals surface area contributed by atoms with Gasteiger partial charge in [0.25, 0.3) is 0 Å². The lowest BCUT2D eigenvalue weighted by molar-refractivity contribution is -0.119. The van der Waals surface area contributed by atoms with Crippen LogP contribution in [0.4, 0.5) is 5.13 Å². The number of hydrogen-bond acceptors (Lipinski definition) is 6. The molecule has 2 heterocycles. The van der Waals surface area contributed by atoms with Crippen molar-refractivity contribution in [2.45, 2.75) is 18.4 Å². The van der Waals surface area contributed by atoms with Crippen LogP contribution in [0.3, 0.4) is 0 Å². The van der Waals surface area contributed by atoms with E-state index in [-0.39, 0.29) is 11.8 Å². The van der Waals surface area contributed by atoms with E-state index in [1.54, 1.807) is 11.3 Å². The first-order chi connectivity index (χ1) is 14.6. The summed E-state index contributed by atoms with van der Waals surface area (Å²) in [5.74, 6) is 0.198. The molecule has 2 amide bonds. The van der Waals surface area contributed by atoms with Gasteiger partial charge in [-0.15, -0.1) is 34.4 Å². The second-order valence-corrected chi connectivity index (χ2v) is 9.63. The van der Waals surface area contributed by atoms with Crippen LogP contribution in [0.1, 0.15) is 11.8 Å². The lowest BCUT2D eigenvalue weighted by atomic mass is 10.1. The first-order valence-electron chi connectivity index (χ1n) is 9.27. The number of rotatable bonds is 7. The molecule has 2 aromatic carbocycles. The predicted molar refractivity (Wildman–Crippen MR) is 126 cm³/mol. The molecule has 2 N–H and O–H groups in total. The van der Waals surface area contributed by atoms with E-state index in [9.17, 15) is 9.59 Å². The standard InChI is InChI=1S/C22H19N3O2S3/c1-14(26)23-11-18-8-9-20(30-18)19-12-29-22(24-19)25-21(27)13-28-17-7-6-15-4-2-3-5-16(15)10-17/h2-10,12H,11,13H2,1H3,(H,23,26)(H,24,25,27). The van der Waals surface area contributed by atoms with Crippen molar-refractivity contribution >= 4 is 62.2 Å². The Morgan fingerprint density at radius 3 is 2.73 bits per heavy atom. The van der Waals surface area contributed by atoms with Gasteiger partial charge in [0, 0.05) is 22.1 Å². The average Bonchev–Trinajstić information content (AvgIpc) is 3.40. The molecule has 0 spiro atoms. The van der Waals surface area contributed by atoms with Crippen molar-refractivity contribution in [1.29, 1.82) is 0 Å². The number of carbonyl (C=O) groups is 2. The van der Waals surface area contributed by atoms with Crippen LogP contribution in [0.25, 0.3) is 21.3 Å². The molecule has 0 aliphatic carbocycles. The molecule has 0 unspecified atom stereocenters. The Kier molecular flexibility index (Phi) is 6.47. The van der Waals surface area contributed by atoms with E-state index in [0.717, 1.165) is 20.3 Å². The minimum atomic E-state index is -0.0772. The highest BCUT2D eigenvalue weighted by atomic mass is 32.2. The summed E-state index contributed by atoms with van der Waals surface area (Å²) in [4.78, 5) is 31.0. The van der Waals surface area contributed by atoms with Gasteiger partial charge >= 0.3 is 0 Å². The summed E-state index contributed by atoms with van der Waals surface area (Å²) in [6.45, 7) is 2.02. The number of amides is 2. The molecule has 4 aromatic rings. The van der Waals surface area contributed by atoms with Gasteiger partial charge < -0.3 is 10.6 Å². The van der Waals surface area contributed by atoms with Crippen molar-refractivity contribution in [1.82, 2.24) is 10.3 Å². The van der Waals surface area contributed by atoms with E-state index >= 15 is 0 Å². The number of benzene rings is 2. The predicted octanol–water partition coefficient (Wildman–Crippen LogP) is 5.39. The van der Waals surface area contributed by atoms with Crippen LogP contribution in [0.15, 0.2) is 64.9 Å². The quantitative estimate of drug-likeness (QED) is 0.368. The smallest absolute Gasteiger partial charge is 0.236 e. The van der Waals surface area contributed by atoms with Gasteiger partial charge in [-0.25, -0.2) is 4.98 Å². The number of aromatic nitrogens is 1. The Morgan fingerprint density at radius 2 is 1.90 bits per heavy atom. The van der Waals surface area contributed by atoms with Crippen molar-refractivity contribution < 1.29 is 9.59 Å². The highest BCUT2D eigenvalue weighted by Crippen LogP contribution is 2.31. The summed E-state index contributed by atoms with van der Waals surface area (Å²) in [5, 5.41) is 10.5. The molecule has 0 fully saturated rings. The molecule has 0 saturated heterocycles. The Bertz CT molecular complexity index is 1200. The number of nitrogens with one attached hydrogen (secondary N) is 2. The van der Waals surface area contributed by atoms with Gasteiger partial charge in [0.1, 0.15) is 0 Å². The molecule has 4 rings (SSSR count). The monoisotopic (exact) mass is 453 g/mol. The topological polar surface area (TPSA) is 71.1 Å². The summed E-state index contributed by atoms with van der Waals surface area (Å²) in [6, 6.07) is 18.4. The number of anilines is 1. The van der Waals surface area contributed by atoms with Crippen LogP contribution in [0.5, 0.6) is 0 Å². The zero-order valence-corrected chi connectivity index (χ0v) is 18.6. The molecule has 152 valence electrons. The van der Waals surface area contributed by atoms with Crippen LogP contribution in [0, 0.1) is 0 Å². The molecule has 0 aliphatic rings. The van der Waals surface area contributed by atoms with Crippen LogP contribution in [-0.4, -0.2) is 22.6 Å². The summed E-state index contributed by atoms with van der Waals surface area (Å²) < 4.78 is 0. The molecule has 0 aliphatic heterocycles. The van der Waals surface area contributed by atoms with Crippen LogP contribution >= 0.6 is 34.4 Å². The molecule has 0 bridgehead atoms. The number of thiazole rings is 1. The van der Waals surface area contributed by atoms with Gasteiger partial charge in [0.2, 0.25) is 11.8 Å². The van der Waals surface area contributed by atoms with E-state index in [1.807, 2.05) is 35.7 Å².